The molecule has 2 amide bonds. The van der Waals surface area contributed by atoms with Gasteiger partial charge < -0.3 is 10.2 Å². The van der Waals surface area contributed by atoms with Crippen molar-refractivity contribution < 1.29 is 9.59 Å². The lowest BCUT2D eigenvalue weighted by Gasteiger charge is -2.41. The molecule has 1 saturated heterocycles. The highest BCUT2D eigenvalue weighted by Gasteiger charge is 2.46. The summed E-state index contributed by atoms with van der Waals surface area (Å²) in [5.41, 5.74) is -0.605. The predicted octanol–water partition coefficient (Wildman–Crippen LogP) is 2.86. The minimum atomic E-state index is -0.605. The number of hydrogen-bond donors (Lipinski definition) is 1. The topological polar surface area (TPSA) is 49.4 Å². The first-order chi connectivity index (χ1) is 10.0. The predicted molar refractivity (Wildman–Crippen MR) is 83.8 cm³/mol. The molecular formula is C17H30N2O2. The van der Waals surface area contributed by atoms with Crippen molar-refractivity contribution >= 4 is 11.8 Å². The Morgan fingerprint density at radius 1 is 1.14 bits per heavy atom. The third-order valence-corrected chi connectivity index (χ3v) is 5.56. The highest BCUT2D eigenvalue weighted by atomic mass is 16.2. The highest BCUT2D eigenvalue weighted by molar-refractivity contribution is 5.93. The summed E-state index contributed by atoms with van der Waals surface area (Å²) in [5, 5.41) is 3.07. The lowest BCUT2D eigenvalue weighted by molar-refractivity contribution is -0.143. The molecule has 2 aliphatic rings. The van der Waals surface area contributed by atoms with E-state index in [0.717, 1.165) is 38.5 Å². The fourth-order valence-electron chi connectivity index (χ4n) is 4.09. The molecule has 0 radical (unpaired) electrons. The van der Waals surface area contributed by atoms with Gasteiger partial charge in [0.1, 0.15) is 5.54 Å². The molecule has 1 saturated carbocycles. The summed E-state index contributed by atoms with van der Waals surface area (Å²) in [6, 6.07) is 0.221. The molecule has 4 heteroatoms. The minimum Gasteiger partial charge on any atom is -0.342 e. The second kappa shape index (κ2) is 6.80. The second-order valence-corrected chi connectivity index (χ2v) is 6.76. The van der Waals surface area contributed by atoms with Crippen LogP contribution in [0.5, 0.6) is 0 Å². The molecule has 120 valence electrons. The zero-order valence-corrected chi connectivity index (χ0v) is 13.8. The van der Waals surface area contributed by atoms with Crippen molar-refractivity contribution in [2.45, 2.75) is 83.7 Å². The smallest absolute Gasteiger partial charge is 0.248 e. The van der Waals surface area contributed by atoms with Crippen LogP contribution in [-0.4, -0.2) is 34.8 Å². The Hall–Kier alpha value is -1.06. The molecule has 4 nitrogen and oxygen atoms in total. The maximum atomic E-state index is 13.2. The van der Waals surface area contributed by atoms with Crippen LogP contribution in [0.1, 0.15) is 72.1 Å². The van der Waals surface area contributed by atoms with E-state index in [1.807, 2.05) is 4.90 Å². The summed E-state index contributed by atoms with van der Waals surface area (Å²) < 4.78 is 0. The number of nitrogens with one attached hydrogen (secondary N) is 1. The van der Waals surface area contributed by atoms with Gasteiger partial charge in [0.15, 0.2) is 0 Å². The molecule has 1 aliphatic heterocycles. The van der Waals surface area contributed by atoms with E-state index in [1.54, 1.807) is 0 Å². The van der Waals surface area contributed by atoms with E-state index in [2.05, 4.69) is 26.1 Å². The lowest BCUT2D eigenvalue weighted by atomic mass is 9.80. The van der Waals surface area contributed by atoms with Gasteiger partial charge in [-0.15, -0.1) is 0 Å². The summed E-state index contributed by atoms with van der Waals surface area (Å²) in [6.07, 6.45) is 7.47. The van der Waals surface area contributed by atoms with Crippen LogP contribution in [0.2, 0.25) is 0 Å². The van der Waals surface area contributed by atoms with Crippen molar-refractivity contribution in [3.63, 3.8) is 0 Å². The van der Waals surface area contributed by atoms with Crippen LogP contribution in [-0.2, 0) is 9.59 Å². The molecule has 1 spiro atoms. The molecule has 1 aliphatic carbocycles. The van der Waals surface area contributed by atoms with Crippen LogP contribution >= 0.6 is 0 Å². The van der Waals surface area contributed by atoms with E-state index in [-0.39, 0.29) is 17.9 Å². The zero-order valence-electron chi connectivity index (χ0n) is 13.8. The van der Waals surface area contributed by atoms with Gasteiger partial charge in [0, 0.05) is 19.0 Å². The quantitative estimate of drug-likeness (QED) is 0.866. The fraction of sp³-hybridized carbons (Fsp3) is 0.882. The van der Waals surface area contributed by atoms with Gasteiger partial charge in [0.05, 0.1) is 0 Å². The maximum Gasteiger partial charge on any atom is 0.248 e. The largest absolute Gasteiger partial charge is 0.342 e. The van der Waals surface area contributed by atoms with E-state index in [1.165, 1.54) is 6.42 Å². The Morgan fingerprint density at radius 2 is 1.76 bits per heavy atom. The fourth-order valence-corrected chi connectivity index (χ4v) is 4.09. The summed E-state index contributed by atoms with van der Waals surface area (Å²) >= 11 is 0. The van der Waals surface area contributed by atoms with Gasteiger partial charge in [-0.1, -0.05) is 46.0 Å². The number of rotatable bonds is 4. The SMILES string of the molecule is CCC(CC)C(C)N1CCC(=O)NC2(CCCCC2)C1=O. The van der Waals surface area contributed by atoms with Gasteiger partial charge in [-0.2, -0.15) is 0 Å². The molecule has 0 aromatic rings. The molecule has 2 rings (SSSR count). The molecule has 2 fully saturated rings. The molecule has 1 N–H and O–H groups in total. The zero-order chi connectivity index (χ0) is 15.5. The lowest BCUT2D eigenvalue weighted by Crippen LogP contribution is -2.60. The Morgan fingerprint density at radius 3 is 2.33 bits per heavy atom. The molecule has 21 heavy (non-hydrogen) atoms. The Bertz CT molecular complexity index is 384. The molecular weight excluding hydrogens is 264 g/mol. The second-order valence-electron chi connectivity index (χ2n) is 6.76. The molecule has 0 aromatic carbocycles. The van der Waals surface area contributed by atoms with E-state index in [9.17, 15) is 9.59 Å². The standard InChI is InChI=1S/C17H30N2O2/c1-4-14(5-2)13(3)19-12-9-15(20)18-17(16(19)21)10-7-6-8-11-17/h13-14H,4-12H2,1-3H3,(H,18,20). The van der Waals surface area contributed by atoms with Crippen LogP contribution in [0.3, 0.4) is 0 Å². The van der Waals surface area contributed by atoms with Gasteiger partial charge in [0.25, 0.3) is 0 Å². The van der Waals surface area contributed by atoms with Crippen molar-refractivity contribution in [1.29, 1.82) is 0 Å². The van der Waals surface area contributed by atoms with Crippen LogP contribution in [0.4, 0.5) is 0 Å². The molecule has 0 aromatic heterocycles. The van der Waals surface area contributed by atoms with Gasteiger partial charge in [-0.05, 0) is 25.7 Å². The number of carbonyl (C=O) groups excluding carboxylic acids is 2. The average molecular weight is 294 g/mol. The highest BCUT2D eigenvalue weighted by Crippen LogP contribution is 2.33. The number of carbonyl (C=O) groups is 2. The van der Waals surface area contributed by atoms with Crippen LogP contribution in [0.25, 0.3) is 0 Å². The van der Waals surface area contributed by atoms with Gasteiger partial charge >= 0.3 is 0 Å². The van der Waals surface area contributed by atoms with Gasteiger partial charge in [-0.3, -0.25) is 9.59 Å². The normalized spacial score (nSPS) is 24.1. The molecule has 1 heterocycles. The number of hydrogen-bond acceptors (Lipinski definition) is 2. The van der Waals surface area contributed by atoms with Gasteiger partial charge in [0.2, 0.25) is 11.8 Å². The molecule has 1 atom stereocenters. The first kappa shape index (κ1) is 16.3. The molecule has 0 bridgehead atoms. The average Bonchev–Trinajstić information content (AvgIpc) is 2.59. The van der Waals surface area contributed by atoms with E-state index >= 15 is 0 Å². The molecule has 1 unspecified atom stereocenters. The van der Waals surface area contributed by atoms with Crippen molar-refractivity contribution in [2.75, 3.05) is 6.54 Å². The van der Waals surface area contributed by atoms with E-state index < -0.39 is 5.54 Å². The maximum absolute atomic E-state index is 13.2. The van der Waals surface area contributed by atoms with Crippen molar-refractivity contribution in [3.05, 3.63) is 0 Å². The summed E-state index contributed by atoms with van der Waals surface area (Å²) in [4.78, 5) is 27.2. The summed E-state index contributed by atoms with van der Waals surface area (Å²) in [6.45, 7) is 7.10. The summed E-state index contributed by atoms with van der Waals surface area (Å²) in [5.74, 6) is 0.736. The minimum absolute atomic E-state index is 0.0458. The van der Waals surface area contributed by atoms with Crippen LogP contribution in [0, 0.1) is 5.92 Å². The first-order valence-corrected chi connectivity index (χ1v) is 8.66. The van der Waals surface area contributed by atoms with Gasteiger partial charge in [-0.25, -0.2) is 0 Å². The van der Waals surface area contributed by atoms with Crippen LogP contribution < -0.4 is 5.32 Å². The first-order valence-electron chi connectivity index (χ1n) is 8.66. The third-order valence-electron chi connectivity index (χ3n) is 5.56. The van der Waals surface area contributed by atoms with Crippen molar-refractivity contribution in [1.82, 2.24) is 10.2 Å². The van der Waals surface area contributed by atoms with Crippen LogP contribution in [0.15, 0.2) is 0 Å². The van der Waals surface area contributed by atoms with Crippen molar-refractivity contribution in [2.24, 2.45) is 5.92 Å². The Kier molecular flexibility index (Phi) is 5.28. The Balaban J connectivity index is 2.24. The van der Waals surface area contributed by atoms with E-state index in [4.69, 9.17) is 0 Å². The number of nitrogens with zero attached hydrogens (tertiary/aromatic N) is 1. The number of amides is 2. The van der Waals surface area contributed by atoms with Crippen molar-refractivity contribution in [3.8, 4) is 0 Å². The summed E-state index contributed by atoms with van der Waals surface area (Å²) in [7, 11) is 0. The van der Waals surface area contributed by atoms with E-state index in [0.29, 0.717) is 18.9 Å². The monoisotopic (exact) mass is 294 g/mol. The third kappa shape index (κ3) is 3.24. The Labute approximate surface area is 128 Å².